The first kappa shape index (κ1) is 16.9. The van der Waals surface area contributed by atoms with Crippen LogP contribution in [0.1, 0.15) is 43.1 Å². The first-order valence-corrected chi connectivity index (χ1v) is 9.14. The zero-order valence-corrected chi connectivity index (χ0v) is 15.3. The quantitative estimate of drug-likeness (QED) is 0.849. The minimum Gasteiger partial charge on any atom is -0.352 e. The molecule has 1 aromatic carbocycles. The first-order valence-electron chi connectivity index (χ1n) is 8.34. The monoisotopic (exact) mass is 388 g/mol. The summed E-state index contributed by atoms with van der Waals surface area (Å²) in [6.07, 6.45) is 4.76. The molecule has 3 rings (SSSR count). The molecule has 6 heteroatoms. The van der Waals surface area contributed by atoms with E-state index in [0.717, 1.165) is 28.9 Å². The van der Waals surface area contributed by atoms with E-state index < -0.39 is 0 Å². The summed E-state index contributed by atoms with van der Waals surface area (Å²) < 4.78 is 0.969. The lowest BCUT2D eigenvalue weighted by Gasteiger charge is -2.35. The van der Waals surface area contributed by atoms with Gasteiger partial charge in [0.05, 0.1) is 0 Å². The number of halogens is 1. The highest BCUT2D eigenvalue weighted by Crippen LogP contribution is 2.24. The van der Waals surface area contributed by atoms with Crippen molar-refractivity contribution >= 4 is 33.3 Å². The molecule has 0 aliphatic carbocycles. The number of carbonyl (C=O) groups excluding carboxylic acids is 1. The maximum atomic E-state index is 12.3. The third kappa shape index (κ3) is 3.93. The van der Waals surface area contributed by atoms with Crippen molar-refractivity contribution in [3.8, 4) is 0 Å². The van der Waals surface area contributed by atoms with Crippen LogP contribution in [0.15, 0.2) is 40.9 Å². The van der Waals surface area contributed by atoms with Gasteiger partial charge in [-0.25, -0.2) is 0 Å². The zero-order chi connectivity index (χ0) is 16.9. The summed E-state index contributed by atoms with van der Waals surface area (Å²) in [6, 6.07) is 11.6. The Balaban J connectivity index is 1.69. The van der Waals surface area contributed by atoms with Crippen molar-refractivity contribution in [1.29, 1.82) is 0 Å². The van der Waals surface area contributed by atoms with Gasteiger partial charge in [-0.1, -0.05) is 22.9 Å². The van der Waals surface area contributed by atoms with Crippen LogP contribution >= 0.6 is 15.9 Å². The fourth-order valence-electron chi connectivity index (χ4n) is 3.05. The number of hydrogen-bond donors (Lipinski definition) is 1. The van der Waals surface area contributed by atoms with E-state index >= 15 is 0 Å². The summed E-state index contributed by atoms with van der Waals surface area (Å²) >= 11 is 3.37. The predicted octanol–water partition coefficient (Wildman–Crippen LogP) is 4.26. The Kier molecular flexibility index (Phi) is 5.45. The van der Waals surface area contributed by atoms with E-state index in [2.05, 4.69) is 43.3 Å². The van der Waals surface area contributed by atoms with Crippen molar-refractivity contribution in [2.75, 3.05) is 16.8 Å². The van der Waals surface area contributed by atoms with Crippen LogP contribution in [0, 0.1) is 0 Å². The normalized spacial score (nSPS) is 17.6. The van der Waals surface area contributed by atoms with Crippen molar-refractivity contribution in [3.05, 3.63) is 46.6 Å². The predicted molar refractivity (Wildman–Crippen MR) is 99.4 cm³/mol. The van der Waals surface area contributed by atoms with E-state index in [-0.39, 0.29) is 5.91 Å². The van der Waals surface area contributed by atoms with Gasteiger partial charge in [-0.3, -0.25) is 4.79 Å². The van der Waals surface area contributed by atoms with Crippen LogP contribution in [-0.4, -0.2) is 28.7 Å². The van der Waals surface area contributed by atoms with E-state index in [9.17, 15) is 4.79 Å². The molecule has 2 aromatic rings. The molecule has 2 heterocycles. The number of carbonyl (C=O) groups is 1. The minimum absolute atomic E-state index is 0.248. The fraction of sp³-hybridized carbons (Fsp3) is 0.389. The van der Waals surface area contributed by atoms with Gasteiger partial charge in [-0.15, -0.1) is 10.2 Å². The topological polar surface area (TPSA) is 58.1 Å². The molecule has 1 saturated heterocycles. The molecule has 0 saturated carbocycles. The molecule has 1 aliphatic rings. The number of amides is 1. The van der Waals surface area contributed by atoms with Crippen LogP contribution in [0.5, 0.6) is 0 Å². The maximum Gasteiger partial charge on any atom is 0.276 e. The third-order valence-corrected chi connectivity index (χ3v) is 4.91. The second-order valence-corrected chi connectivity index (χ2v) is 6.90. The zero-order valence-electron chi connectivity index (χ0n) is 13.7. The Morgan fingerprint density at radius 2 is 2.00 bits per heavy atom. The highest BCUT2D eigenvalue weighted by Gasteiger charge is 2.22. The summed E-state index contributed by atoms with van der Waals surface area (Å²) in [5, 5.41) is 11.2. The Morgan fingerprint density at radius 1 is 1.21 bits per heavy atom. The van der Waals surface area contributed by atoms with E-state index in [1.165, 1.54) is 19.3 Å². The summed E-state index contributed by atoms with van der Waals surface area (Å²) in [5.74, 6) is 0.615. The standard InChI is InChI=1S/C18H21BrN4O/c1-2-15-5-3-4-12-23(15)17-11-10-16(21-22-17)18(24)20-14-8-6-13(19)7-9-14/h6-11,15H,2-5,12H2,1H3,(H,20,24). The molecular formula is C18H21BrN4O. The number of hydrogen-bond acceptors (Lipinski definition) is 4. The van der Waals surface area contributed by atoms with Crippen molar-refractivity contribution in [3.63, 3.8) is 0 Å². The fourth-order valence-corrected chi connectivity index (χ4v) is 3.32. The molecule has 1 amide bonds. The molecule has 1 atom stereocenters. The highest BCUT2D eigenvalue weighted by molar-refractivity contribution is 9.10. The number of piperidine rings is 1. The largest absolute Gasteiger partial charge is 0.352 e. The Bertz CT molecular complexity index is 687. The van der Waals surface area contributed by atoms with Crippen LogP contribution < -0.4 is 10.2 Å². The van der Waals surface area contributed by atoms with Crippen LogP contribution in [0.3, 0.4) is 0 Å². The molecule has 1 aliphatic heterocycles. The number of nitrogens with one attached hydrogen (secondary N) is 1. The van der Waals surface area contributed by atoms with E-state index in [0.29, 0.717) is 11.7 Å². The van der Waals surface area contributed by atoms with E-state index in [4.69, 9.17) is 0 Å². The molecule has 1 fully saturated rings. The van der Waals surface area contributed by atoms with Gasteiger partial charge in [-0.05, 0) is 62.1 Å². The Hall–Kier alpha value is -1.95. The van der Waals surface area contributed by atoms with Crippen LogP contribution in [0.2, 0.25) is 0 Å². The molecular weight excluding hydrogens is 368 g/mol. The van der Waals surface area contributed by atoms with Gasteiger partial charge in [0.15, 0.2) is 11.5 Å². The Morgan fingerprint density at radius 3 is 2.67 bits per heavy atom. The van der Waals surface area contributed by atoms with Gasteiger partial charge >= 0.3 is 0 Å². The molecule has 0 radical (unpaired) electrons. The second-order valence-electron chi connectivity index (χ2n) is 5.99. The molecule has 126 valence electrons. The van der Waals surface area contributed by atoms with Crippen LogP contribution in [-0.2, 0) is 0 Å². The van der Waals surface area contributed by atoms with Gasteiger partial charge in [0.2, 0.25) is 0 Å². The second kappa shape index (κ2) is 7.75. The summed E-state index contributed by atoms with van der Waals surface area (Å²) in [6.45, 7) is 3.22. The molecule has 1 N–H and O–H groups in total. The number of benzene rings is 1. The molecule has 5 nitrogen and oxygen atoms in total. The summed E-state index contributed by atoms with van der Waals surface area (Å²) in [5.41, 5.74) is 1.06. The van der Waals surface area contributed by atoms with Crippen LogP contribution in [0.4, 0.5) is 11.5 Å². The van der Waals surface area contributed by atoms with Gasteiger partial charge < -0.3 is 10.2 Å². The van der Waals surface area contributed by atoms with Gasteiger partial charge in [0.1, 0.15) is 0 Å². The van der Waals surface area contributed by atoms with E-state index in [1.54, 1.807) is 6.07 Å². The van der Waals surface area contributed by atoms with Crippen molar-refractivity contribution in [2.45, 2.75) is 38.6 Å². The van der Waals surface area contributed by atoms with Gasteiger partial charge in [0.25, 0.3) is 5.91 Å². The SMILES string of the molecule is CCC1CCCCN1c1ccc(C(=O)Nc2ccc(Br)cc2)nn1. The van der Waals surface area contributed by atoms with Gasteiger partial charge in [0, 0.05) is 22.7 Å². The lowest BCUT2D eigenvalue weighted by molar-refractivity contribution is 0.102. The smallest absolute Gasteiger partial charge is 0.276 e. The number of aromatic nitrogens is 2. The number of nitrogens with zero attached hydrogens (tertiary/aromatic N) is 3. The average Bonchev–Trinajstić information content (AvgIpc) is 2.63. The number of anilines is 2. The lowest BCUT2D eigenvalue weighted by Crippen LogP contribution is -2.39. The summed E-state index contributed by atoms with van der Waals surface area (Å²) in [7, 11) is 0. The Labute approximate surface area is 150 Å². The van der Waals surface area contributed by atoms with Crippen molar-refractivity contribution < 1.29 is 4.79 Å². The average molecular weight is 389 g/mol. The van der Waals surface area contributed by atoms with E-state index in [1.807, 2.05) is 30.3 Å². The maximum absolute atomic E-state index is 12.3. The first-order chi connectivity index (χ1) is 11.7. The lowest BCUT2D eigenvalue weighted by atomic mass is 10.0. The third-order valence-electron chi connectivity index (χ3n) is 4.38. The van der Waals surface area contributed by atoms with Crippen molar-refractivity contribution in [1.82, 2.24) is 10.2 Å². The molecule has 0 spiro atoms. The summed E-state index contributed by atoms with van der Waals surface area (Å²) in [4.78, 5) is 14.6. The molecule has 1 aromatic heterocycles. The van der Waals surface area contributed by atoms with Gasteiger partial charge in [-0.2, -0.15) is 0 Å². The highest BCUT2D eigenvalue weighted by atomic mass is 79.9. The minimum atomic E-state index is -0.248. The van der Waals surface area contributed by atoms with Crippen molar-refractivity contribution in [2.24, 2.45) is 0 Å². The number of rotatable bonds is 4. The molecule has 1 unspecified atom stereocenters. The van der Waals surface area contributed by atoms with Crippen LogP contribution in [0.25, 0.3) is 0 Å². The molecule has 24 heavy (non-hydrogen) atoms. The molecule has 0 bridgehead atoms.